The minimum Gasteiger partial charge on any atom is -0.248 e. The number of nitriles is 1. The smallest absolute Gasteiger partial charge is 0.223 e. The second kappa shape index (κ2) is 12.7. The van der Waals surface area contributed by atoms with Crippen LogP contribution in [0.3, 0.4) is 0 Å². The first-order valence-corrected chi connectivity index (χ1v) is 7.70. The third kappa shape index (κ3) is 9.63. The molecule has 0 saturated heterocycles. The first kappa shape index (κ1) is 16.8. The van der Waals surface area contributed by atoms with E-state index in [0.717, 1.165) is 50.2 Å². The lowest BCUT2D eigenvalue weighted by atomic mass is 10.1. The summed E-state index contributed by atoms with van der Waals surface area (Å²) >= 11 is 0. The molecule has 0 radical (unpaired) electrons. The Kier molecular flexibility index (Phi) is 10.7. The summed E-state index contributed by atoms with van der Waals surface area (Å²) in [6, 6.07) is 0. The van der Waals surface area contributed by atoms with Gasteiger partial charge in [0.05, 0.1) is 6.61 Å². The molecule has 20 heavy (non-hydrogen) atoms. The van der Waals surface area contributed by atoms with Gasteiger partial charge in [0.2, 0.25) is 6.19 Å². The molecule has 5 nitrogen and oxygen atoms in total. The van der Waals surface area contributed by atoms with Crippen LogP contribution in [0.1, 0.15) is 64.2 Å². The molecule has 1 aliphatic heterocycles. The average Bonchev–Trinajstić information content (AvgIpc) is 2.47. The highest BCUT2D eigenvalue weighted by molar-refractivity contribution is 4.98. The van der Waals surface area contributed by atoms with Crippen molar-refractivity contribution in [2.75, 3.05) is 13.2 Å². The zero-order valence-electron chi connectivity index (χ0n) is 12.3. The van der Waals surface area contributed by atoms with Gasteiger partial charge in [-0.15, -0.1) is 17.4 Å². The van der Waals surface area contributed by atoms with Crippen molar-refractivity contribution in [2.45, 2.75) is 64.2 Å². The molecule has 1 rings (SSSR count). The summed E-state index contributed by atoms with van der Waals surface area (Å²) < 4.78 is 0. The van der Waals surface area contributed by atoms with Crippen molar-refractivity contribution in [2.24, 2.45) is 0 Å². The van der Waals surface area contributed by atoms with Crippen molar-refractivity contribution in [3.05, 3.63) is 0 Å². The molecule has 0 aromatic heterocycles. The first-order chi connectivity index (χ1) is 9.93. The summed E-state index contributed by atoms with van der Waals surface area (Å²) in [5, 5.41) is 9.96. The van der Waals surface area contributed by atoms with Crippen LogP contribution in [0, 0.1) is 23.3 Å². The van der Waals surface area contributed by atoms with Crippen LogP contribution in [0.15, 0.2) is 0 Å². The second-order valence-corrected chi connectivity index (χ2v) is 4.95. The van der Waals surface area contributed by atoms with Crippen LogP contribution in [0.25, 0.3) is 0 Å². The number of nitrogens with one attached hydrogen (secondary N) is 2. The predicted molar refractivity (Wildman–Crippen MR) is 78.5 cm³/mol. The highest BCUT2D eigenvalue weighted by Gasteiger charge is 2.00. The standard InChI is InChI=1S/C15H26N4O/c16-15-19-18-17-13-11-9-7-5-3-1-2-4-6-8-10-12-14-20-19/h17-18H,1-2,4,6-14H2. The highest BCUT2D eigenvalue weighted by Crippen LogP contribution is 2.07. The molecule has 0 saturated carbocycles. The number of hydrogen-bond acceptors (Lipinski definition) is 5. The van der Waals surface area contributed by atoms with Crippen molar-refractivity contribution < 1.29 is 4.84 Å². The monoisotopic (exact) mass is 278 g/mol. The van der Waals surface area contributed by atoms with E-state index in [2.05, 4.69) is 22.8 Å². The fourth-order valence-corrected chi connectivity index (χ4v) is 2.00. The van der Waals surface area contributed by atoms with E-state index in [1.54, 1.807) is 0 Å². The van der Waals surface area contributed by atoms with Crippen LogP contribution in [-0.2, 0) is 4.84 Å². The van der Waals surface area contributed by atoms with E-state index in [9.17, 15) is 0 Å². The summed E-state index contributed by atoms with van der Waals surface area (Å²) in [5.74, 6) is 6.47. The van der Waals surface area contributed by atoms with Gasteiger partial charge in [-0.3, -0.25) is 0 Å². The number of rotatable bonds is 0. The van der Waals surface area contributed by atoms with Crippen molar-refractivity contribution in [3.63, 3.8) is 0 Å². The Bertz CT molecular complexity index is 329. The van der Waals surface area contributed by atoms with E-state index in [0.29, 0.717) is 6.61 Å². The summed E-state index contributed by atoms with van der Waals surface area (Å²) in [5.41, 5.74) is 5.71. The number of nitrogens with zero attached hydrogens (tertiary/aromatic N) is 2. The highest BCUT2D eigenvalue weighted by atomic mass is 16.7. The van der Waals surface area contributed by atoms with Crippen LogP contribution in [0.2, 0.25) is 0 Å². The van der Waals surface area contributed by atoms with Gasteiger partial charge in [0, 0.05) is 19.4 Å². The van der Waals surface area contributed by atoms with Gasteiger partial charge in [-0.1, -0.05) is 30.9 Å². The fourth-order valence-electron chi connectivity index (χ4n) is 2.00. The lowest BCUT2D eigenvalue weighted by Gasteiger charge is -2.16. The van der Waals surface area contributed by atoms with E-state index >= 15 is 0 Å². The molecule has 112 valence electrons. The third-order valence-electron chi connectivity index (χ3n) is 3.17. The molecule has 0 atom stereocenters. The van der Waals surface area contributed by atoms with Crippen LogP contribution >= 0.6 is 0 Å². The number of hydrazine groups is 2. The third-order valence-corrected chi connectivity index (χ3v) is 3.17. The lowest BCUT2D eigenvalue weighted by molar-refractivity contribution is -0.160. The Morgan fingerprint density at radius 3 is 2.30 bits per heavy atom. The summed E-state index contributed by atoms with van der Waals surface area (Å²) in [6.45, 7) is 1.37. The van der Waals surface area contributed by atoms with Crippen LogP contribution in [0.4, 0.5) is 0 Å². The van der Waals surface area contributed by atoms with Gasteiger partial charge in [-0.2, -0.15) is 5.26 Å². The summed E-state index contributed by atoms with van der Waals surface area (Å²) in [4.78, 5) is 5.31. The van der Waals surface area contributed by atoms with Crippen LogP contribution in [-0.4, -0.2) is 18.3 Å². The Hall–Kier alpha value is -1.27. The molecular formula is C15H26N4O. The van der Waals surface area contributed by atoms with E-state index < -0.39 is 0 Å². The van der Waals surface area contributed by atoms with E-state index in [1.807, 2.05) is 6.19 Å². The molecule has 0 aromatic carbocycles. The predicted octanol–water partition coefficient (Wildman–Crippen LogP) is 2.63. The van der Waals surface area contributed by atoms with E-state index in [4.69, 9.17) is 10.1 Å². The Morgan fingerprint density at radius 1 is 0.900 bits per heavy atom. The average molecular weight is 278 g/mol. The molecule has 0 amide bonds. The summed E-state index contributed by atoms with van der Waals surface area (Å²) in [7, 11) is 0. The van der Waals surface area contributed by atoms with E-state index in [-0.39, 0.29) is 0 Å². The zero-order valence-corrected chi connectivity index (χ0v) is 12.3. The van der Waals surface area contributed by atoms with Crippen LogP contribution in [0.5, 0.6) is 0 Å². The van der Waals surface area contributed by atoms with E-state index in [1.165, 1.54) is 25.7 Å². The van der Waals surface area contributed by atoms with Gasteiger partial charge < -0.3 is 0 Å². The molecule has 5 heteroatoms. The van der Waals surface area contributed by atoms with Crippen molar-refractivity contribution in [1.82, 2.24) is 16.1 Å². The maximum absolute atomic E-state index is 8.88. The second-order valence-electron chi connectivity index (χ2n) is 4.95. The molecule has 1 heterocycles. The molecule has 1 aliphatic rings. The summed E-state index contributed by atoms with van der Waals surface area (Å²) in [6.07, 6.45) is 13.2. The maximum Gasteiger partial charge on any atom is 0.223 e. The number of hydrogen-bond donors (Lipinski definition) is 2. The minimum atomic E-state index is 0.577. The minimum absolute atomic E-state index is 0.577. The largest absolute Gasteiger partial charge is 0.248 e. The molecule has 0 aliphatic carbocycles. The zero-order chi connectivity index (χ0) is 14.3. The van der Waals surface area contributed by atoms with Crippen LogP contribution < -0.4 is 11.0 Å². The molecular weight excluding hydrogens is 252 g/mol. The molecule has 0 bridgehead atoms. The fraction of sp³-hybridized carbons (Fsp3) is 0.800. The lowest BCUT2D eigenvalue weighted by Crippen LogP contribution is -2.44. The maximum atomic E-state index is 8.88. The van der Waals surface area contributed by atoms with Crippen molar-refractivity contribution >= 4 is 0 Å². The first-order valence-electron chi connectivity index (χ1n) is 7.70. The quantitative estimate of drug-likeness (QED) is 0.527. The molecule has 0 aromatic rings. The van der Waals surface area contributed by atoms with Gasteiger partial charge in [-0.25, -0.2) is 10.3 Å². The van der Waals surface area contributed by atoms with Gasteiger partial charge in [-0.05, 0) is 25.7 Å². The molecule has 0 fully saturated rings. The normalized spacial score (nSPS) is 20.9. The Labute approximate surface area is 122 Å². The van der Waals surface area contributed by atoms with Gasteiger partial charge in [0.25, 0.3) is 0 Å². The molecule has 0 spiro atoms. The molecule has 0 unspecified atom stereocenters. The SMILES string of the molecule is N#CN1NNCCCCC#CCCCCCCCCO1. The van der Waals surface area contributed by atoms with Crippen molar-refractivity contribution in [3.8, 4) is 18.0 Å². The Balaban J connectivity index is 2.24. The van der Waals surface area contributed by atoms with Gasteiger partial charge >= 0.3 is 0 Å². The topological polar surface area (TPSA) is 60.3 Å². The molecule has 2 N–H and O–H groups in total. The van der Waals surface area contributed by atoms with Gasteiger partial charge in [0.15, 0.2) is 0 Å². The van der Waals surface area contributed by atoms with Gasteiger partial charge in [0.1, 0.15) is 0 Å². The van der Waals surface area contributed by atoms with Crippen molar-refractivity contribution in [1.29, 1.82) is 5.26 Å². The number of hydroxylamine groups is 1. The Morgan fingerprint density at radius 2 is 1.55 bits per heavy atom.